The molecule has 7 heteroatoms. The van der Waals surface area contributed by atoms with Gasteiger partial charge in [-0.25, -0.2) is 9.31 Å². The summed E-state index contributed by atoms with van der Waals surface area (Å²) in [6.07, 6.45) is 3.48. The summed E-state index contributed by atoms with van der Waals surface area (Å²) in [5.74, 6) is 0. The van der Waals surface area contributed by atoms with Crippen LogP contribution in [0, 0.1) is 0 Å². The standard InChI is InChI=1S/C20H21ClN4O2/c1-14-19(15-5-4-6-17(21)11-15)27-10-9-24(14)20(26)22-12-16-13-23-25-8-3-2-7-18(16)25/h2-8,11,13-14,19H,9-10,12H2,1H3,(H,22,26)/t14-,19+/m1/s1. The highest BCUT2D eigenvalue weighted by molar-refractivity contribution is 6.30. The van der Waals surface area contributed by atoms with Gasteiger partial charge in [-0.3, -0.25) is 0 Å². The van der Waals surface area contributed by atoms with E-state index in [4.69, 9.17) is 16.3 Å². The summed E-state index contributed by atoms with van der Waals surface area (Å²) in [6, 6.07) is 13.3. The van der Waals surface area contributed by atoms with Crippen LogP contribution in [0.3, 0.4) is 0 Å². The van der Waals surface area contributed by atoms with Gasteiger partial charge in [0.2, 0.25) is 0 Å². The van der Waals surface area contributed by atoms with E-state index in [0.29, 0.717) is 24.7 Å². The van der Waals surface area contributed by atoms with Gasteiger partial charge in [0.15, 0.2) is 0 Å². The number of urea groups is 1. The SMILES string of the molecule is C[C@@H]1[C@@H](c2cccc(Cl)c2)OCCN1C(=O)NCc1cnn2ccccc12. The van der Waals surface area contributed by atoms with Crippen molar-refractivity contribution in [2.75, 3.05) is 13.2 Å². The van der Waals surface area contributed by atoms with E-state index in [0.717, 1.165) is 16.6 Å². The summed E-state index contributed by atoms with van der Waals surface area (Å²) in [7, 11) is 0. The van der Waals surface area contributed by atoms with Gasteiger partial charge in [0.25, 0.3) is 0 Å². The fourth-order valence-electron chi connectivity index (χ4n) is 3.53. The molecule has 4 rings (SSSR count). The number of amides is 2. The quantitative estimate of drug-likeness (QED) is 0.749. The van der Waals surface area contributed by atoms with Crippen LogP contribution in [0.15, 0.2) is 54.9 Å². The van der Waals surface area contributed by atoms with Crippen molar-refractivity contribution in [1.29, 1.82) is 0 Å². The van der Waals surface area contributed by atoms with Crippen molar-refractivity contribution < 1.29 is 9.53 Å². The molecule has 0 aliphatic carbocycles. The van der Waals surface area contributed by atoms with Gasteiger partial charge in [0, 0.05) is 29.9 Å². The van der Waals surface area contributed by atoms with E-state index in [1.54, 1.807) is 10.7 Å². The first-order valence-electron chi connectivity index (χ1n) is 8.96. The molecule has 140 valence electrons. The number of carbonyl (C=O) groups is 1. The van der Waals surface area contributed by atoms with Crippen LogP contribution in [0.25, 0.3) is 5.52 Å². The van der Waals surface area contributed by atoms with Gasteiger partial charge in [-0.15, -0.1) is 0 Å². The highest BCUT2D eigenvalue weighted by Gasteiger charge is 2.33. The van der Waals surface area contributed by atoms with Crippen LogP contribution < -0.4 is 5.32 Å². The number of benzene rings is 1. The van der Waals surface area contributed by atoms with Crippen LogP contribution in [-0.4, -0.2) is 39.7 Å². The Labute approximate surface area is 162 Å². The van der Waals surface area contributed by atoms with E-state index in [2.05, 4.69) is 10.4 Å². The predicted octanol–water partition coefficient (Wildman–Crippen LogP) is 3.66. The normalized spacial score (nSPS) is 20.0. The van der Waals surface area contributed by atoms with Crippen molar-refractivity contribution >= 4 is 23.1 Å². The monoisotopic (exact) mass is 384 g/mol. The summed E-state index contributed by atoms with van der Waals surface area (Å²) in [6.45, 7) is 3.47. The van der Waals surface area contributed by atoms with E-state index < -0.39 is 0 Å². The number of halogens is 1. The second-order valence-corrected chi connectivity index (χ2v) is 7.08. The molecule has 0 bridgehead atoms. The van der Waals surface area contributed by atoms with Crippen LogP contribution in [0.5, 0.6) is 0 Å². The number of fused-ring (bicyclic) bond motifs is 1. The smallest absolute Gasteiger partial charge is 0.318 e. The second-order valence-electron chi connectivity index (χ2n) is 6.64. The van der Waals surface area contributed by atoms with Gasteiger partial charge in [0.05, 0.1) is 24.4 Å². The Kier molecular flexibility index (Phi) is 5.01. The largest absolute Gasteiger partial charge is 0.370 e. The minimum absolute atomic E-state index is 0.0962. The van der Waals surface area contributed by atoms with Gasteiger partial charge in [-0.1, -0.05) is 29.8 Å². The molecule has 0 spiro atoms. The Morgan fingerprint density at radius 3 is 3.07 bits per heavy atom. The summed E-state index contributed by atoms with van der Waals surface area (Å²) in [5.41, 5.74) is 2.95. The van der Waals surface area contributed by atoms with Crippen LogP contribution in [0.1, 0.15) is 24.2 Å². The van der Waals surface area contributed by atoms with Crippen LogP contribution >= 0.6 is 11.6 Å². The van der Waals surface area contributed by atoms with E-state index >= 15 is 0 Å². The molecule has 3 heterocycles. The maximum atomic E-state index is 12.8. The number of hydrogen-bond acceptors (Lipinski definition) is 3. The number of nitrogens with zero attached hydrogens (tertiary/aromatic N) is 3. The molecule has 2 aromatic heterocycles. The Balaban J connectivity index is 1.45. The minimum Gasteiger partial charge on any atom is -0.370 e. The Morgan fingerprint density at radius 2 is 2.22 bits per heavy atom. The van der Waals surface area contributed by atoms with Crippen molar-refractivity contribution in [2.45, 2.75) is 25.6 Å². The Hall–Kier alpha value is -2.57. The van der Waals surface area contributed by atoms with E-state index in [1.165, 1.54) is 0 Å². The molecule has 1 saturated heterocycles. The van der Waals surface area contributed by atoms with Crippen molar-refractivity contribution in [3.8, 4) is 0 Å². The third kappa shape index (κ3) is 3.63. The number of nitrogens with one attached hydrogen (secondary N) is 1. The van der Waals surface area contributed by atoms with Crippen molar-refractivity contribution in [1.82, 2.24) is 19.8 Å². The molecule has 1 aromatic carbocycles. The molecule has 2 amide bonds. The lowest BCUT2D eigenvalue weighted by atomic mass is 10.0. The molecule has 0 saturated carbocycles. The number of pyridine rings is 1. The lowest BCUT2D eigenvalue weighted by molar-refractivity contribution is -0.0498. The van der Waals surface area contributed by atoms with Crippen molar-refractivity contribution in [3.63, 3.8) is 0 Å². The average molecular weight is 385 g/mol. The maximum absolute atomic E-state index is 12.8. The van der Waals surface area contributed by atoms with Crippen LogP contribution in [-0.2, 0) is 11.3 Å². The van der Waals surface area contributed by atoms with E-state index in [-0.39, 0.29) is 18.2 Å². The predicted molar refractivity (Wildman–Crippen MR) is 104 cm³/mol. The van der Waals surface area contributed by atoms with Gasteiger partial charge in [0.1, 0.15) is 6.10 Å². The number of ether oxygens (including phenoxy) is 1. The molecule has 0 radical (unpaired) electrons. The summed E-state index contributed by atoms with van der Waals surface area (Å²) < 4.78 is 7.73. The van der Waals surface area contributed by atoms with E-state index in [1.807, 2.05) is 60.5 Å². The Bertz CT molecular complexity index is 958. The molecule has 3 aromatic rings. The second kappa shape index (κ2) is 7.58. The lowest BCUT2D eigenvalue weighted by Gasteiger charge is -2.39. The summed E-state index contributed by atoms with van der Waals surface area (Å²) in [4.78, 5) is 14.6. The molecule has 1 fully saturated rings. The molecule has 2 atom stereocenters. The molecule has 27 heavy (non-hydrogen) atoms. The molecular formula is C20H21ClN4O2. The molecular weight excluding hydrogens is 364 g/mol. The number of rotatable bonds is 3. The number of morpholine rings is 1. The van der Waals surface area contributed by atoms with Crippen LogP contribution in [0.4, 0.5) is 4.79 Å². The van der Waals surface area contributed by atoms with Crippen LogP contribution in [0.2, 0.25) is 5.02 Å². The third-order valence-electron chi connectivity index (χ3n) is 4.93. The van der Waals surface area contributed by atoms with Crippen molar-refractivity contribution in [3.05, 3.63) is 71.0 Å². The first-order chi connectivity index (χ1) is 13.1. The summed E-state index contributed by atoms with van der Waals surface area (Å²) in [5, 5.41) is 7.98. The van der Waals surface area contributed by atoms with Gasteiger partial charge in [-0.05, 0) is 36.8 Å². The molecule has 1 N–H and O–H groups in total. The lowest BCUT2D eigenvalue weighted by Crippen LogP contribution is -2.52. The topological polar surface area (TPSA) is 58.9 Å². The zero-order valence-electron chi connectivity index (χ0n) is 15.0. The first kappa shape index (κ1) is 17.8. The number of carbonyl (C=O) groups excluding carboxylic acids is 1. The fraction of sp³-hybridized carbons (Fsp3) is 0.300. The Morgan fingerprint density at radius 1 is 1.33 bits per heavy atom. The fourth-order valence-corrected chi connectivity index (χ4v) is 3.72. The molecule has 0 unspecified atom stereocenters. The van der Waals surface area contributed by atoms with Gasteiger partial charge in [-0.2, -0.15) is 5.10 Å². The zero-order chi connectivity index (χ0) is 18.8. The molecule has 1 aliphatic heterocycles. The highest BCUT2D eigenvalue weighted by atomic mass is 35.5. The minimum atomic E-state index is -0.194. The molecule has 6 nitrogen and oxygen atoms in total. The highest BCUT2D eigenvalue weighted by Crippen LogP contribution is 2.29. The molecule has 1 aliphatic rings. The maximum Gasteiger partial charge on any atom is 0.318 e. The third-order valence-corrected chi connectivity index (χ3v) is 5.17. The van der Waals surface area contributed by atoms with Gasteiger partial charge < -0.3 is 15.0 Å². The number of aromatic nitrogens is 2. The van der Waals surface area contributed by atoms with E-state index in [9.17, 15) is 4.79 Å². The van der Waals surface area contributed by atoms with Gasteiger partial charge >= 0.3 is 6.03 Å². The summed E-state index contributed by atoms with van der Waals surface area (Å²) >= 11 is 6.11. The first-order valence-corrected chi connectivity index (χ1v) is 9.34. The van der Waals surface area contributed by atoms with Crippen molar-refractivity contribution in [2.24, 2.45) is 0 Å². The zero-order valence-corrected chi connectivity index (χ0v) is 15.8. The average Bonchev–Trinajstić information content (AvgIpc) is 3.09. The number of hydrogen-bond donors (Lipinski definition) is 1.